The van der Waals surface area contributed by atoms with Crippen LogP contribution in [-0.4, -0.2) is 28.0 Å². The van der Waals surface area contributed by atoms with Gasteiger partial charge in [-0.15, -0.1) is 0 Å². The van der Waals surface area contributed by atoms with Gasteiger partial charge in [-0.25, -0.2) is 15.0 Å². The number of anilines is 1. The summed E-state index contributed by atoms with van der Waals surface area (Å²) in [5.41, 5.74) is 1.75. The third-order valence-corrected chi connectivity index (χ3v) is 4.51. The Labute approximate surface area is 145 Å². The number of halogens is 1. The lowest BCUT2D eigenvalue weighted by molar-refractivity contribution is 0.936. The predicted octanol–water partition coefficient (Wildman–Crippen LogP) is 4.45. The van der Waals surface area contributed by atoms with Crippen LogP contribution in [0.15, 0.2) is 42.6 Å². The number of nitrogens with zero attached hydrogens (tertiary/aromatic N) is 4. The van der Waals surface area contributed by atoms with E-state index in [1.54, 1.807) is 6.20 Å². The van der Waals surface area contributed by atoms with Gasteiger partial charge in [0.05, 0.1) is 16.2 Å². The van der Waals surface area contributed by atoms with Crippen LogP contribution in [0.5, 0.6) is 0 Å². The number of hydrogen-bond donors (Lipinski definition) is 0. The van der Waals surface area contributed by atoms with Crippen LogP contribution >= 0.6 is 11.6 Å². The molecule has 24 heavy (non-hydrogen) atoms. The van der Waals surface area contributed by atoms with Crippen LogP contribution in [0.1, 0.15) is 24.4 Å². The van der Waals surface area contributed by atoms with E-state index in [4.69, 9.17) is 16.6 Å². The van der Waals surface area contributed by atoms with Gasteiger partial charge >= 0.3 is 0 Å². The molecule has 0 aliphatic carbocycles. The van der Waals surface area contributed by atoms with Gasteiger partial charge in [0.1, 0.15) is 5.82 Å². The van der Waals surface area contributed by atoms with E-state index in [0.717, 1.165) is 35.5 Å². The monoisotopic (exact) mass is 336 g/mol. The molecule has 5 heteroatoms. The number of pyridine rings is 1. The summed E-state index contributed by atoms with van der Waals surface area (Å²) < 4.78 is 0. The molecule has 0 bridgehead atoms. The second-order valence-corrected chi connectivity index (χ2v) is 6.26. The molecule has 1 aliphatic heterocycles. The van der Waals surface area contributed by atoms with Gasteiger partial charge in [-0.2, -0.15) is 0 Å². The smallest absolute Gasteiger partial charge is 0.152 e. The molecule has 2 aromatic heterocycles. The normalized spacial score (nSPS) is 14.8. The molecule has 0 radical (unpaired) electrons. The molecule has 4 nitrogen and oxygen atoms in total. The fourth-order valence-corrected chi connectivity index (χ4v) is 3.15. The summed E-state index contributed by atoms with van der Waals surface area (Å²) in [6, 6.07) is 11.8. The minimum atomic E-state index is 0.651. The average Bonchev–Trinajstić information content (AvgIpc) is 3.15. The van der Waals surface area contributed by atoms with E-state index in [1.807, 2.05) is 42.5 Å². The van der Waals surface area contributed by atoms with Gasteiger partial charge in [0.25, 0.3) is 0 Å². The molecule has 4 rings (SSSR count). The van der Waals surface area contributed by atoms with E-state index in [-0.39, 0.29) is 0 Å². The zero-order chi connectivity index (χ0) is 16.4. The Hall–Kier alpha value is -2.46. The highest BCUT2D eigenvalue weighted by atomic mass is 35.5. The molecule has 1 fully saturated rings. The quantitative estimate of drug-likeness (QED) is 0.708. The van der Waals surface area contributed by atoms with Crippen molar-refractivity contribution in [1.82, 2.24) is 15.0 Å². The minimum absolute atomic E-state index is 0.651. The molecular weight excluding hydrogens is 320 g/mol. The van der Waals surface area contributed by atoms with Crippen LogP contribution < -0.4 is 4.90 Å². The van der Waals surface area contributed by atoms with Crippen molar-refractivity contribution in [2.24, 2.45) is 0 Å². The summed E-state index contributed by atoms with van der Waals surface area (Å²) in [6.45, 7) is 2.18. The van der Waals surface area contributed by atoms with Crippen molar-refractivity contribution in [3.63, 3.8) is 0 Å². The Bertz CT molecular complexity index is 901. The van der Waals surface area contributed by atoms with E-state index in [9.17, 15) is 0 Å². The lowest BCUT2D eigenvalue weighted by Gasteiger charge is -2.16. The molecule has 3 heterocycles. The van der Waals surface area contributed by atoms with E-state index < -0.39 is 0 Å². The third-order valence-electron chi connectivity index (χ3n) is 4.18. The van der Waals surface area contributed by atoms with E-state index in [0.29, 0.717) is 10.8 Å². The lowest BCUT2D eigenvalue weighted by Crippen LogP contribution is -2.18. The fourth-order valence-electron chi connectivity index (χ4n) is 2.93. The summed E-state index contributed by atoms with van der Waals surface area (Å²) in [5.74, 6) is 1.69. The summed E-state index contributed by atoms with van der Waals surface area (Å²) in [6.07, 6.45) is 8.09. The maximum absolute atomic E-state index is 6.15. The molecule has 120 valence electrons. The van der Waals surface area contributed by atoms with Crippen LogP contribution in [0.25, 0.3) is 23.1 Å². The summed E-state index contributed by atoms with van der Waals surface area (Å²) in [4.78, 5) is 15.9. The van der Waals surface area contributed by atoms with Crippen LogP contribution in [0.4, 0.5) is 5.82 Å². The number of hydrogen-bond acceptors (Lipinski definition) is 4. The van der Waals surface area contributed by atoms with Gasteiger partial charge in [0.15, 0.2) is 5.82 Å². The first kappa shape index (κ1) is 15.1. The van der Waals surface area contributed by atoms with Crippen molar-refractivity contribution in [3.8, 4) is 0 Å². The van der Waals surface area contributed by atoms with Gasteiger partial charge in [-0.3, -0.25) is 0 Å². The predicted molar refractivity (Wildman–Crippen MR) is 99.2 cm³/mol. The summed E-state index contributed by atoms with van der Waals surface area (Å²) >= 11 is 6.15. The minimum Gasteiger partial charge on any atom is -0.357 e. The molecular formula is C19H17ClN4. The summed E-state index contributed by atoms with van der Waals surface area (Å²) in [7, 11) is 0. The van der Waals surface area contributed by atoms with Crippen LogP contribution in [0.3, 0.4) is 0 Å². The lowest BCUT2D eigenvalue weighted by atomic mass is 10.2. The highest BCUT2D eigenvalue weighted by Crippen LogP contribution is 2.21. The number of fused-ring (bicyclic) bond motifs is 1. The number of rotatable bonds is 3. The first-order chi connectivity index (χ1) is 11.8. The topological polar surface area (TPSA) is 41.9 Å². The third kappa shape index (κ3) is 3.10. The van der Waals surface area contributed by atoms with E-state index >= 15 is 0 Å². The maximum Gasteiger partial charge on any atom is 0.152 e. The van der Waals surface area contributed by atoms with Crippen LogP contribution in [0.2, 0.25) is 5.02 Å². The summed E-state index contributed by atoms with van der Waals surface area (Å²) in [5, 5.41) is 1.54. The molecule has 3 aromatic rings. The zero-order valence-electron chi connectivity index (χ0n) is 13.2. The average molecular weight is 337 g/mol. The van der Waals surface area contributed by atoms with E-state index in [2.05, 4.69) is 20.9 Å². The van der Waals surface area contributed by atoms with Crippen molar-refractivity contribution >= 4 is 40.5 Å². The Balaban J connectivity index is 1.59. The SMILES string of the molecule is Clc1cccc2nc(/C=C/c3cccc(N4CCCC4)n3)ncc12. The molecule has 1 saturated heterocycles. The van der Waals surface area contributed by atoms with Crippen molar-refractivity contribution in [2.45, 2.75) is 12.8 Å². The highest BCUT2D eigenvalue weighted by molar-refractivity contribution is 6.35. The van der Waals surface area contributed by atoms with Crippen molar-refractivity contribution in [3.05, 3.63) is 59.1 Å². The number of aromatic nitrogens is 3. The van der Waals surface area contributed by atoms with Gasteiger partial charge in [-0.1, -0.05) is 23.7 Å². The molecule has 0 spiro atoms. The molecule has 1 aromatic carbocycles. The molecule has 0 amide bonds. The number of benzene rings is 1. The second-order valence-electron chi connectivity index (χ2n) is 5.85. The zero-order valence-corrected chi connectivity index (χ0v) is 13.9. The molecule has 0 atom stereocenters. The molecule has 0 unspecified atom stereocenters. The van der Waals surface area contributed by atoms with Crippen molar-refractivity contribution in [1.29, 1.82) is 0 Å². The Kier molecular flexibility index (Phi) is 4.13. The Morgan fingerprint density at radius 2 is 1.79 bits per heavy atom. The van der Waals surface area contributed by atoms with Gasteiger partial charge in [0, 0.05) is 24.7 Å². The largest absolute Gasteiger partial charge is 0.357 e. The molecule has 0 saturated carbocycles. The van der Waals surface area contributed by atoms with Crippen LogP contribution in [-0.2, 0) is 0 Å². The van der Waals surface area contributed by atoms with Gasteiger partial charge in [0.2, 0.25) is 0 Å². The Morgan fingerprint density at radius 3 is 2.67 bits per heavy atom. The van der Waals surface area contributed by atoms with E-state index in [1.165, 1.54) is 12.8 Å². The molecule has 0 N–H and O–H groups in total. The molecule has 1 aliphatic rings. The van der Waals surface area contributed by atoms with Gasteiger partial charge < -0.3 is 4.90 Å². The van der Waals surface area contributed by atoms with Crippen LogP contribution in [0, 0.1) is 0 Å². The first-order valence-electron chi connectivity index (χ1n) is 8.11. The second kappa shape index (κ2) is 6.57. The fraction of sp³-hybridized carbons (Fsp3) is 0.211. The standard InChI is InChI=1S/C19H17ClN4/c20-16-6-4-7-17-15(16)13-21-18(23-17)10-9-14-5-3-8-19(22-14)24-11-1-2-12-24/h3-10,13H,1-2,11-12H2/b10-9+. The Morgan fingerprint density at radius 1 is 0.958 bits per heavy atom. The highest BCUT2D eigenvalue weighted by Gasteiger charge is 2.13. The van der Waals surface area contributed by atoms with Gasteiger partial charge in [-0.05, 0) is 49.3 Å². The van der Waals surface area contributed by atoms with Crippen molar-refractivity contribution < 1.29 is 0 Å². The van der Waals surface area contributed by atoms with Crippen molar-refractivity contribution in [2.75, 3.05) is 18.0 Å². The first-order valence-corrected chi connectivity index (χ1v) is 8.49. The maximum atomic E-state index is 6.15.